The quantitative estimate of drug-likeness (QED) is 0.820. The lowest BCUT2D eigenvalue weighted by atomic mass is 9.86. The summed E-state index contributed by atoms with van der Waals surface area (Å²) in [6.45, 7) is 0. The predicted molar refractivity (Wildman–Crippen MR) is 97.9 cm³/mol. The highest BCUT2D eigenvalue weighted by atomic mass is 32.2. The largest absolute Gasteiger partial charge is 0.356 e. The summed E-state index contributed by atoms with van der Waals surface area (Å²) < 4.78 is 27.9. The number of H-pyrrole nitrogens is 1. The number of nitriles is 1. The first kappa shape index (κ1) is 17.2. The molecule has 2 saturated carbocycles. The van der Waals surface area contributed by atoms with Gasteiger partial charge in [-0.2, -0.15) is 5.26 Å². The normalized spacial score (nSPS) is 28.6. The third kappa shape index (κ3) is 3.04. The summed E-state index contributed by atoms with van der Waals surface area (Å²) in [6.07, 6.45) is 6.59. The van der Waals surface area contributed by atoms with Gasteiger partial charge in [0.1, 0.15) is 17.8 Å². The van der Waals surface area contributed by atoms with Gasteiger partial charge in [-0.1, -0.05) is 0 Å². The Balaban J connectivity index is 1.37. The van der Waals surface area contributed by atoms with Crippen LogP contribution in [-0.4, -0.2) is 47.8 Å². The van der Waals surface area contributed by atoms with Crippen LogP contribution in [0.15, 0.2) is 18.6 Å². The Morgan fingerprint density at radius 1 is 1.31 bits per heavy atom. The van der Waals surface area contributed by atoms with Gasteiger partial charge in [0.05, 0.1) is 16.7 Å². The molecule has 0 unspecified atom stereocenters. The van der Waals surface area contributed by atoms with Crippen LogP contribution in [0, 0.1) is 17.2 Å². The number of fused-ring (bicyclic) bond motifs is 1. The number of sulfonamides is 1. The van der Waals surface area contributed by atoms with Crippen molar-refractivity contribution < 1.29 is 8.42 Å². The summed E-state index contributed by atoms with van der Waals surface area (Å²) in [6, 6.07) is 4.33. The SMILES string of the molecule is CN(c1ncnc2[nH]ccc12)C1CC(NS(=O)(=O)[C@@H]2CC[C@H](C#N)C2)C1. The van der Waals surface area contributed by atoms with Gasteiger partial charge in [0, 0.05) is 31.2 Å². The fourth-order valence-corrected chi connectivity index (χ4v) is 5.76. The van der Waals surface area contributed by atoms with Crippen LogP contribution in [0.25, 0.3) is 11.0 Å². The van der Waals surface area contributed by atoms with Gasteiger partial charge in [0.2, 0.25) is 10.0 Å². The highest BCUT2D eigenvalue weighted by Gasteiger charge is 2.40. The molecule has 2 atom stereocenters. The van der Waals surface area contributed by atoms with Crippen molar-refractivity contribution in [1.29, 1.82) is 5.26 Å². The van der Waals surface area contributed by atoms with Crippen molar-refractivity contribution in [3.63, 3.8) is 0 Å². The maximum atomic E-state index is 12.5. The van der Waals surface area contributed by atoms with Gasteiger partial charge in [-0.15, -0.1) is 0 Å². The van der Waals surface area contributed by atoms with Crippen molar-refractivity contribution in [3.05, 3.63) is 18.6 Å². The van der Waals surface area contributed by atoms with E-state index in [0.717, 1.165) is 29.7 Å². The molecule has 0 radical (unpaired) electrons. The maximum Gasteiger partial charge on any atom is 0.214 e. The number of nitrogens with one attached hydrogen (secondary N) is 2. The lowest BCUT2D eigenvalue weighted by Gasteiger charge is -2.42. The monoisotopic (exact) mass is 374 g/mol. The van der Waals surface area contributed by atoms with Crippen LogP contribution in [0.3, 0.4) is 0 Å². The Bertz CT molecular complexity index is 944. The van der Waals surface area contributed by atoms with E-state index in [9.17, 15) is 8.42 Å². The molecular formula is C17H22N6O2S. The first-order chi connectivity index (χ1) is 12.5. The Morgan fingerprint density at radius 2 is 2.12 bits per heavy atom. The summed E-state index contributed by atoms with van der Waals surface area (Å²) in [5.74, 6) is 0.730. The lowest BCUT2D eigenvalue weighted by molar-refractivity contribution is 0.315. The van der Waals surface area contributed by atoms with Gasteiger partial charge in [0.15, 0.2) is 0 Å². The highest BCUT2D eigenvalue weighted by Crippen LogP contribution is 2.34. The molecule has 4 rings (SSSR count). The summed E-state index contributed by atoms with van der Waals surface area (Å²) in [5.41, 5.74) is 0.798. The van der Waals surface area contributed by atoms with Crippen LogP contribution in [0.1, 0.15) is 32.1 Å². The molecule has 138 valence electrons. The molecule has 2 aromatic heterocycles. The molecule has 0 amide bonds. The van der Waals surface area contributed by atoms with Crippen LogP contribution < -0.4 is 9.62 Å². The van der Waals surface area contributed by atoms with Gasteiger partial charge in [0.25, 0.3) is 0 Å². The van der Waals surface area contributed by atoms with E-state index in [-0.39, 0.29) is 18.0 Å². The topological polar surface area (TPSA) is 115 Å². The molecule has 0 spiro atoms. The molecule has 2 aliphatic carbocycles. The molecule has 0 bridgehead atoms. The van der Waals surface area contributed by atoms with Crippen LogP contribution in [0.4, 0.5) is 5.82 Å². The Labute approximate surface area is 152 Å². The number of anilines is 1. The van der Waals surface area contributed by atoms with Crippen molar-refractivity contribution in [1.82, 2.24) is 19.7 Å². The van der Waals surface area contributed by atoms with Gasteiger partial charge in [-0.3, -0.25) is 0 Å². The molecule has 26 heavy (non-hydrogen) atoms. The fraction of sp³-hybridized carbons (Fsp3) is 0.588. The first-order valence-electron chi connectivity index (χ1n) is 8.89. The smallest absolute Gasteiger partial charge is 0.214 e. The molecule has 0 aliphatic heterocycles. The summed E-state index contributed by atoms with van der Waals surface area (Å²) >= 11 is 0. The average Bonchev–Trinajstić information content (AvgIpc) is 3.25. The standard InChI is InChI=1S/C17H22N6O2S/c1-23(17-15-4-5-19-16(15)20-10-21-17)13-7-12(8-13)22-26(24,25)14-3-2-11(6-14)9-18/h4-5,10-14,22H,2-3,6-8H2,1H3,(H,19,20,21)/t11-,12?,13?,14+/m0/s1. The number of nitrogens with zero attached hydrogens (tertiary/aromatic N) is 4. The number of rotatable bonds is 5. The van der Waals surface area contributed by atoms with Crippen LogP contribution in [0.2, 0.25) is 0 Å². The molecule has 2 N–H and O–H groups in total. The molecule has 2 aliphatic rings. The van der Waals surface area contributed by atoms with Crippen molar-refractivity contribution in [3.8, 4) is 6.07 Å². The average molecular weight is 374 g/mol. The van der Waals surface area contributed by atoms with E-state index < -0.39 is 15.3 Å². The predicted octanol–water partition coefficient (Wildman–Crippen LogP) is 1.54. The summed E-state index contributed by atoms with van der Waals surface area (Å²) in [5, 5.41) is 9.51. The minimum absolute atomic E-state index is 0.0443. The number of aromatic nitrogens is 3. The van der Waals surface area contributed by atoms with Crippen molar-refractivity contribution in [2.75, 3.05) is 11.9 Å². The third-order valence-electron chi connectivity index (χ3n) is 5.66. The lowest BCUT2D eigenvalue weighted by Crippen LogP contribution is -2.54. The zero-order chi connectivity index (χ0) is 18.3. The number of aromatic amines is 1. The zero-order valence-electron chi connectivity index (χ0n) is 14.6. The van der Waals surface area contributed by atoms with Crippen LogP contribution in [-0.2, 0) is 10.0 Å². The van der Waals surface area contributed by atoms with E-state index in [4.69, 9.17) is 5.26 Å². The first-order valence-corrected chi connectivity index (χ1v) is 10.4. The molecule has 9 heteroatoms. The van der Waals surface area contributed by atoms with Gasteiger partial charge >= 0.3 is 0 Å². The Morgan fingerprint density at radius 3 is 2.85 bits per heavy atom. The highest BCUT2D eigenvalue weighted by molar-refractivity contribution is 7.90. The second-order valence-electron chi connectivity index (χ2n) is 7.29. The maximum absolute atomic E-state index is 12.5. The molecule has 2 heterocycles. The van der Waals surface area contributed by atoms with Crippen LogP contribution in [0.5, 0.6) is 0 Å². The minimum atomic E-state index is -3.35. The van der Waals surface area contributed by atoms with Gasteiger partial charge in [-0.25, -0.2) is 23.1 Å². The van der Waals surface area contributed by atoms with E-state index in [2.05, 4.69) is 30.6 Å². The molecule has 0 aromatic carbocycles. The number of hydrogen-bond acceptors (Lipinski definition) is 6. The molecular weight excluding hydrogens is 352 g/mol. The second kappa shape index (κ2) is 6.52. The van der Waals surface area contributed by atoms with Gasteiger partial charge < -0.3 is 9.88 Å². The van der Waals surface area contributed by atoms with E-state index in [1.807, 2.05) is 19.3 Å². The second-order valence-corrected chi connectivity index (χ2v) is 9.29. The van der Waals surface area contributed by atoms with E-state index >= 15 is 0 Å². The minimum Gasteiger partial charge on any atom is -0.356 e. The zero-order valence-corrected chi connectivity index (χ0v) is 15.4. The van der Waals surface area contributed by atoms with Crippen molar-refractivity contribution in [2.45, 2.75) is 49.4 Å². The Hall–Kier alpha value is -2.18. The van der Waals surface area contributed by atoms with E-state index in [1.54, 1.807) is 0 Å². The summed E-state index contributed by atoms with van der Waals surface area (Å²) in [4.78, 5) is 13.8. The van der Waals surface area contributed by atoms with E-state index in [0.29, 0.717) is 19.3 Å². The van der Waals surface area contributed by atoms with Crippen LogP contribution >= 0.6 is 0 Å². The summed E-state index contributed by atoms with van der Waals surface area (Å²) in [7, 11) is -1.37. The third-order valence-corrected chi connectivity index (χ3v) is 7.63. The molecule has 0 saturated heterocycles. The van der Waals surface area contributed by atoms with Gasteiger partial charge in [-0.05, 0) is 38.2 Å². The molecule has 2 aromatic rings. The van der Waals surface area contributed by atoms with E-state index in [1.165, 1.54) is 6.33 Å². The fourth-order valence-electron chi connectivity index (χ4n) is 3.98. The Kier molecular flexibility index (Phi) is 4.32. The molecule has 8 nitrogen and oxygen atoms in total. The van der Waals surface area contributed by atoms with Crippen molar-refractivity contribution in [2.24, 2.45) is 5.92 Å². The van der Waals surface area contributed by atoms with Crippen molar-refractivity contribution >= 4 is 26.9 Å². The molecule has 2 fully saturated rings. The number of hydrogen-bond donors (Lipinski definition) is 2.